The summed E-state index contributed by atoms with van der Waals surface area (Å²) in [5, 5.41) is 0. The molecule has 0 aliphatic heterocycles. The van der Waals surface area contributed by atoms with Crippen molar-refractivity contribution in [2.75, 3.05) is 0 Å². The maximum atomic E-state index is 14.3. The third kappa shape index (κ3) is 2.37. The Morgan fingerprint density at radius 1 is 1.14 bits per heavy atom. The summed E-state index contributed by atoms with van der Waals surface area (Å²) in [6, 6.07) is 15.4. The van der Waals surface area contributed by atoms with E-state index in [0.29, 0.717) is 5.56 Å². The molecule has 1 saturated carbocycles. The number of hydrogen-bond acceptors (Lipinski definition) is 2. The first-order valence-corrected chi connectivity index (χ1v) is 7.45. The molecule has 2 aromatic carbocycles. The highest BCUT2D eigenvalue weighted by atomic mass is 19.1. The molecule has 0 saturated heterocycles. The summed E-state index contributed by atoms with van der Waals surface area (Å²) >= 11 is 0. The fraction of sp³-hybridized carbons (Fsp3) is 0.333. The zero-order chi connectivity index (χ0) is 14.9. The highest BCUT2D eigenvalue weighted by Gasteiger charge is 2.46. The van der Waals surface area contributed by atoms with E-state index in [1.54, 1.807) is 6.07 Å². The Morgan fingerprint density at radius 3 is 2.43 bits per heavy atom. The largest absolute Gasteiger partial charge is 0.271 e. The van der Waals surface area contributed by atoms with Crippen LogP contribution in [-0.4, -0.2) is 0 Å². The molecule has 0 spiro atoms. The summed E-state index contributed by atoms with van der Waals surface area (Å²) in [6.45, 7) is 1.98. The van der Waals surface area contributed by atoms with Gasteiger partial charge in [-0.25, -0.2) is 4.39 Å². The second-order valence-electron chi connectivity index (χ2n) is 6.00. The Bertz CT molecular complexity index is 620. The van der Waals surface area contributed by atoms with E-state index in [0.717, 1.165) is 24.8 Å². The molecule has 1 atom stereocenters. The number of nitrogens with one attached hydrogen (secondary N) is 1. The minimum atomic E-state index is -0.200. The van der Waals surface area contributed by atoms with Gasteiger partial charge in [0.15, 0.2) is 0 Å². The van der Waals surface area contributed by atoms with E-state index in [-0.39, 0.29) is 17.3 Å². The van der Waals surface area contributed by atoms with Crippen molar-refractivity contribution in [2.24, 2.45) is 5.84 Å². The molecule has 21 heavy (non-hydrogen) atoms. The van der Waals surface area contributed by atoms with Crippen molar-refractivity contribution in [1.29, 1.82) is 0 Å². The van der Waals surface area contributed by atoms with Gasteiger partial charge in [-0.3, -0.25) is 11.3 Å². The van der Waals surface area contributed by atoms with E-state index in [1.165, 1.54) is 11.6 Å². The predicted octanol–water partition coefficient (Wildman–Crippen LogP) is 3.76. The molecule has 110 valence electrons. The second kappa shape index (κ2) is 5.58. The first-order valence-electron chi connectivity index (χ1n) is 7.45. The highest BCUT2D eigenvalue weighted by Crippen LogP contribution is 2.52. The molecule has 0 heterocycles. The highest BCUT2D eigenvalue weighted by molar-refractivity contribution is 5.37. The fourth-order valence-electron chi connectivity index (χ4n) is 3.50. The van der Waals surface area contributed by atoms with Crippen LogP contribution in [0.4, 0.5) is 4.39 Å². The van der Waals surface area contributed by atoms with Crippen LogP contribution in [0.5, 0.6) is 0 Å². The summed E-state index contributed by atoms with van der Waals surface area (Å²) in [5.74, 6) is 5.65. The second-order valence-corrected chi connectivity index (χ2v) is 6.00. The van der Waals surface area contributed by atoms with Gasteiger partial charge >= 0.3 is 0 Å². The van der Waals surface area contributed by atoms with Gasteiger partial charge in [-0.1, -0.05) is 54.4 Å². The third-order valence-electron chi connectivity index (χ3n) is 4.78. The average Bonchev–Trinajstić information content (AvgIpc) is 2.46. The van der Waals surface area contributed by atoms with Crippen LogP contribution >= 0.6 is 0 Å². The smallest absolute Gasteiger partial charge is 0.128 e. The Labute approximate surface area is 125 Å². The molecule has 0 amide bonds. The zero-order valence-corrected chi connectivity index (χ0v) is 12.3. The van der Waals surface area contributed by atoms with Crippen molar-refractivity contribution in [3.8, 4) is 0 Å². The van der Waals surface area contributed by atoms with Crippen molar-refractivity contribution in [3.63, 3.8) is 0 Å². The average molecular weight is 284 g/mol. The van der Waals surface area contributed by atoms with Crippen molar-refractivity contribution < 1.29 is 4.39 Å². The lowest BCUT2D eigenvalue weighted by molar-refractivity contribution is 0.167. The van der Waals surface area contributed by atoms with Crippen LogP contribution in [0, 0.1) is 12.7 Å². The predicted molar refractivity (Wildman–Crippen MR) is 83.2 cm³/mol. The van der Waals surface area contributed by atoms with E-state index in [2.05, 4.69) is 17.6 Å². The molecule has 2 nitrogen and oxygen atoms in total. The fourth-order valence-corrected chi connectivity index (χ4v) is 3.50. The van der Waals surface area contributed by atoms with Crippen molar-refractivity contribution in [3.05, 3.63) is 71.0 Å². The van der Waals surface area contributed by atoms with Gasteiger partial charge in [-0.15, -0.1) is 0 Å². The number of benzene rings is 2. The molecule has 1 aliphatic carbocycles. The van der Waals surface area contributed by atoms with Gasteiger partial charge in [0.2, 0.25) is 0 Å². The zero-order valence-electron chi connectivity index (χ0n) is 12.3. The lowest BCUT2D eigenvalue weighted by Gasteiger charge is -2.48. The maximum Gasteiger partial charge on any atom is 0.128 e. The first kappa shape index (κ1) is 14.2. The minimum Gasteiger partial charge on any atom is -0.271 e. The van der Waals surface area contributed by atoms with Crippen LogP contribution in [0.3, 0.4) is 0 Å². The van der Waals surface area contributed by atoms with Gasteiger partial charge in [0.1, 0.15) is 5.82 Å². The molecule has 1 unspecified atom stereocenters. The Morgan fingerprint density at radius 2 is 1.86 bits per heavy atom. The van der Waals surface area contributed by atoms with Gasteiger partial charge in [0, 0.05) is 11.0 Å². The van der Waals surface area contributed by atoms with Crippen LogP contribution in [0.15, 0.2) is 48.5 Å². The third-order valence-corrected chi connectivity index (χ3v) is 4.78. The topological polar surface area (TPSA) is 38.0 Å². The van der Waals surface area contributed by atoms with Gasteiger partial charge < -0.3 is 0 Å². The SMILES string of the molecule is Cc1ccc(F)c(C(NN)C2(c3ccccc3)CCC2)c1. The van der Waals surface area contributed by atoms with Crippen LogP contribution < -0.4 is 11.3 Å². The molecular weight excluding hydrogens is 263 g/mol. The lowest BCUT2D eigenvalue weighted by atomic mass is 9.59. The van der Waals surface area contributed by atoms with E-state index in [1.807, 2.05) is 31.2 Å². The molecular formula is C18H21FN2. The summed E-state index contributed by atoms with van der Waals surface area (Å²) in [4.78, 5) is 0. The molecule has 2 aromatic rings. The number of hydrogen-bond donors (Lipinski definition) is 2. The number of nitrogens with two attached hydrogens (primary N) is 1. The van der Waals surface area contributed by atoms with Gasteiger partial charge in [0.05, 0.1) is 6.04 Å². The molecule has 3 N–H and O–H groups in total. The van der Waals surface area contributed by atoms with Crippen LogP contribution in [0.2, 0.25) is 0 Å². The van der Waals surface area contributed by atoms with Crippen molar-refractivity contribution in [2.45, 2.75) is 37.6 Å². The Hall–Kier alpha value is -1.71. The molecule has 0 radical (unpaired) electrons. The van der Waals surface area contributed by atoms with E-state index in [4.69, 9.17) is 5.84 Å². The number of aryl methyl sites for hydroxylation is 1. The monoisotopic (exact) mass is 284 g/mol. The molecule has 3 heteroatoms. The Kier molecular flexibility index (Phi) is 3.79. The van der Waals surface area contributed by atoms with Crippen LogP contribution in [-0.2, 0) is 5.41 Å². The summed E-state index contributed by atoms with van der Waals surface area (Å²) in [5.41, 5.74) is 5.74. The number of rotatable bonds is 4. The number of halogens is 1. The van der Waals surface area contributed by atoms with Gasteiger partial charge in [0.25, 0.3) is 0 Å². The minimum absolute atomic E-state index is 0.107. The van der Waals surface area contributed by atoms with Crippen molar-refractivity contribution in [1.82, 2.24) is 5.43 Å². The summed E-state index contributed by atoms with van der Waals surface area (Å²) in [6.07, 6.45) is 3.21. The van der Waals surface area contributed by atoms with Gasteiger partial charge in [-0.05, 0) is 31.4 Å². The van der Waals surface area contributed by atoms with E-state index < -0.39 is 0 Å². The summed E-state index contributed by atoms with van der Waals surface area (Å²) < 4.78 is 14.3. The number of hydrazine groups is 1. The van der Waals surface area contributed by atoms with E-state index in [9.17, 15) is 4.39 Å². The molecule has 1 fully saturated rings. The quantitative estimate of drug-likeness (QED) is 0.662. The summed E-state index contributed by atoms with van der Waals surface area (Å²) in [7, 11) is 0. The van der Waals surface area contributed by atoms with Crippen molar-refractivity contribution >= 4 is 0 Å². The van der Waals surface area contributed by atoms with Gasteiger partial charge in [-0.2, -0.15) is 0 Å². The van der Waals surface area contributed by atoms with Crippen LogP contribution in [0.1, 0.15) is 42.0 Å². The Balaban J connectivity index is 2.08. The van der Waals surface area contributed by atoms with E-state index >= 15 is 0 Å². The molecule has 0 aromatic heterocycles. The molecule has 1 aliphatic rings. The normalized spacial score (nSPS) is 18.0. The standard InChI is InChI=1S/C18H21FN2/c1-13-8-9-16(19)15(12-13)17(21-20)18(10-5-11-18)14-6-3-2-4-7-14/h2-4,6-9,12,17,21H,5,10-11,20H2,1H3. The molecule has 3 rings (SSSR count). The lowest BCUT2D eigenvalue weighted by Crippen LogP contribution is -2.49. The first-order chi connectivity index (χ1) is 10.2. The molecule has 0 bridgehead atoms. The van der Waals surface area contributed by atoms with Crippen LogP contribution in [0.25, 0.3) is 0 Å². The maximum absolute atomic E-state index is 14.3.